The first kappa shape index (κ1) is 20.0. The first-order chi connectivity index (χ1) is 15.8. The molecule has 2 N–H and O–H groups in total. The van der Waals surface area contributed by atoms with Gasteiger partial charge >= 0.3 is 0 Å². The van der Waals surface area contributed by atoms with E-state index in [2.05, 4.69) is 38.5 Å². The largest absolute Gasteiger partial charge is 0.457 e. The predicted molar refractivity (Wildman–Crippen MR) is 128 cm³/mol. The van der Waals surface area contributed by atoms with E-state index in [-0.39, 0.29) is 6.04 Å². The van der Waals surface area contributed by atoms with E-state index >= 15 is 0 Å². The van der Waals surface area contributed by atoms with E-state index in [1.54, 1.807) is 6.33 Å². The SMILES string of the molecule is C(#CC1CCCCN1)c1ccc2ncnc(Nc3ccc(Oc4ccccc4)cc3)c2c1. The highest BCUT2D eigenvalue weighted by atomic mass is 16.5. The van der Waals surface area contributed by atoms with Crippen molar-refractivity contribution in [1.29, 1.82) is 0 Å². The molecule has 1 saturated heterocycles. The number of nitrogens with zero attached hydrogens (tertiary/aromatic N) is 2. The lowest BCUT2D eigenvalue weighted by Gasteiger charge is -2.17. The molecule has 0 bridgehead atoms. The molecule has 32 heavy (non-hydrogen) atoms. The average Bonchev–Trinajstić information content (AvgIpc) is 2.85. The van der Waals surface area contributed by atoms with Crippen molar-refractivity contribution in [3.8, 4) is 23.3 Å². The number of nitrogens with one attached hydrogen (secondary N) is 2. The summed E-state index contributed by atoms with van der Waals surface area (Å²) < 4.78 is 5.87. The molecule has 1 unspecified atom stereocenters. The molecule has 0 saturated carbocycles. The smallest absolute Gasteiger partial charge is 0.141 e. The molecular weight excluding hydrogens is 396 g/mol. The summed E-state index contributed by atoms with van der Waals surface area (Å²) in [6, 6.07) is 23.9. The van der Waals surface area contributed by atoms with Crippen LogP contribution in [0.15, 0.2) is 79.1 Å². The Bertz CT molecular complexity index is 1250. The van der Waals surface area contributed by atoms with Crippen molar-refractivity contribution in [2.75, 3.05) is 11.9 Å². The summed E-state index contributed by atoms with van der Waals surface area (Å²) in [4.78, 5) is 8.87. The molecule has 3 aromatic carbocycles. The van der Waals surface area contributed by atoms with Gasteiger partial charge in [-0.05, 0) is 80.4 Å². The zero-order chi connectivity index (χ0) is 21.6. The molecule has 5 rings (SSSR count). The number of fused-ring (bicyclic) bond motifs is 1. The summed E-state index contributed by atoms with van der Waals surface area (Å²) in [6.07, 6.45) is 5.16. The van der Waals surface area contributed by atoms with Crippen molar-refractivity contribution in [3.05, 3.63) is 84.7 Å². The maximum absolute atomic E-state index is 5.87. The topological polar surface area (TPSA) is 59.1 Å². The number of anilines is 2. The van der Waals surface area contributed by atoms with Gasteiger partial charge in [0.25, 0.3) is 0 Å². The van der Waals surface area contributed by atoms with Gasteiger partial charge in [-0.2, -0.15) is 0 Å². The highest BCUT2D eigenvalue weighted by molar-refractivity contribution is 5.91. The van der Waals surface area contributed by atoms with Crippen LogP contribution in [0.4, 0.5) is 11.5 Å². The predicted octanol–water partition coefficient (Wildman–Crippen LogP) is 5.66. The third-order valence-electron chi connectivity index (χ3n) is 5.43. The Balaban J connectivity index is 1.35. The molecule has 0 spiro atoms. The Hall–Kier alpha value is -3.88. The molecule has 1 aliphatic rings. The molecule has 0 radical (unpaired) electrons. The molecule has 0 amide bonds. The van der Waals surface area contributed by atoms with Gasteiger partial charge < -0.3 is 15.4 Å². The lowest BCUT2D eigenvalue weighted by Crippen LogP contribution is -2.32. The van der Waals surface area contributed by atoms with E-state index in [1.807, 2.05) is 66.7 Å². The van der Waals surface area contributed by atoms with Crippen molar-refractivity contribution < 1.29 is 4.74 Å². The molecular formula is C27H24N4O. The number of para-hydroxylation sites is 1. The highest BCUT2D eigenvalue weighted by Crippen LogP contribution is 2.27. The van der Waals surface area contributed by atoms with E-state index in [9.17, 15) is 0 Å². The lowest BCUT2D eigenvalue weighted by molar-refractivity contribution is 0.464. The van der Waals surface area contributed by atoms with Crippen LogP contribution in [0.3, 0.4) is 0 Å². The Kier molecular flexibility index (Phi) is 5.95. The second kappa shape index (κ2) is 9.51. The fourth-order valence-electron chi connectivity index (χ4n) is 3.75. The molecule has 1 aromatic heterocycles. The van der Waals surface area contributed by atoms with Crippen LogP contribution >= 0.6 is 0 Å². The van der Waals surface area contributed by atoms with Gasteiger partial charge in [-0.15, -0.1) is 0 Å². The van der Waals surface area contributed by atoms with Gasteiger partial charge in [0, 0.05) is 16.6 Å². The minimum Gasteiger partial charge on any atom is -0.457 e. The molecule has 5 nitrogen and oxygen atoms in total. The van der Waals surface area contributed by atoms with Gasteiger partial charge in [0.05, 0.1) is 11.6 Å². The van der Waals surface area contributed by atoms with Crippen LogP contribution in [0, 0.1) is 11.8 Å². The zero-order valence-corrected chi connectivity index (χ0v) is 17.7. The second-order valence-electron chi connectivity index (χ2n) is 7.79. The van der Waals surface area contributed by atoms with Gasteiger partial charge in [-0.3, -0.25) is 0 Å². The number of hydrogen-bond acceptors (Lipinski definition) is 5. The fourth-order valence-corrected chi connectivity index (χ4v) is 3.75. The fraction of sp³-hybridized carbons (Fsp3) is 0.185. The van der Waals surface area contributed by atoms with Crippen LogP contribution in [-0.2, 0) is 0 Å². The molecule has 5 heteroatoms. The first-order valence-corrected chi connectivity index (χ1v) is 10.9. The molecule has 1 aliphatic heterocycles. The Labute approximate surface area is 187 Å². The summed E-state index contributed by atoms with van der Waals surface area (Å²) in [7, 11) is 0. The number of benzene rings is 3. The minimum atomic E-state index is 0.278. The Morgan fingerprint density at radius 3 is 2.56 bits per heavy atom. The molecule has 4 aromatic rings. The zero-order valence-electron chi connectivity index (χ0n) is 17.7. The van der Waals surface area contributed by atoms with Gasteiger partial charge in [-0.1, -0.05) is 30.0 Å². The normalized spacial score (nSPS) is 15.6. The van der Waals surface area contributed by atoms with Crippen LogP contribution in [0.1, 0.15) is 24.8 Å². The minimum absolute atomic E-state index is 0.278. The number of ether oxygens (including phenoxy) is 1. The maximum Gasteiger partial charge on any atom is 0.141 e. The van der Waals surface area contributed by atoms with Gasteiger partial charge in [0.1, 0.15) is 23.6 Å². The summed E-state index contributed by atoms with van der Waals surface area (Å²) in [6.45, 7) is 1.05. The highest BCUT2D eigenvalue weighted by Gasteiger charge is 2.09. The number of aromatic nitrogens is 2. The van der Waals surface area contributed by atoms with Crippen molar-refractivity contribution in [2.24, 2.45) is 0 Å². The third-order valence-corrected chi connectivity index (χ3v) is 5.43. The Morgan fingerprint density at radius 1 is 0.906 bits per heavy atom. The lowest BCUT2D eigenvalue weighted by atomic mass is 10.0. The number of rotatable bonds is 4. The second-order valence-corrected chi connectivity index (χ2v) is 7.79. The molecule has 1 fully saturated rings. The van der Waals surface area contributed by atoms with Crippen LogP contribution in [0.5, 0.6) is 11.5 Å². The van der Waals surface area contributed by atoms with Crippen molar-refractivity contribution in [3.63, 3.8) is 0 Å². The van der Waals surface area contributed by atoms with Crippen LogP contribution < -0.4 is 15.4 Å². The molecule has 1 atom stereocenters. The number of hydrogen-bond donors (Lipinski definition) is 2. The monoisotopic (exact) mass is 420 g/mol. The Morgan fingerprint density at radius 2 is 1.75 bits per heavy atom. The first-order valence-electron chi connectivity index (χ1n) is 10.9. The van der Waals surface area contributed by atoms with E-state index in [1.165, 1.54) is 12.8 Å². The van der Waals surface area contributed by atoms with Crippen molar-refractivity contribution >= 4 is 22.4 Å². The van der Waals surface area contributed by atoms with Gasteiger partial charge in [0.15, 0.2) is 0 Å². The van der Waals surface area contributed by atoms with E-state index < -0.39 is 0 Å². The van der Waals surface area contributed by atoms with Crippen LogP contribution in [-0.4, -0.2) is 22.6 Å². The van der Waals surface area contributed by atoms with Gasteiger partial charge in [-0.25, -0.2) is 9.97 Å². The van der Waals surface area contributed by atoms with Crippen LogP contribution in [0.2, 0.25) is 0 Å². The number of piperidine rings is 1. The maximum atomic E-state index is 5.87. The van der Waals surface area contributed by atoms with Gasteiger partial charge in [0.2, 0.25) is 0 Å². The quantitative estimate of drug-likeness (QED) is 0.417. The summed E-state index contributed by atoms with van der Waals surface area (Å²) in [5.41, 5.74) is 2.77. The van der Waals surface area contributed by atoms with Crippen molar-refractivity contribution in [1.82, 2.24) is 15.3 Å². The average molecular weight is 421 g/mol. The summed E-state index contributed by atoms with van der Waals surface area (Å²) in [5, 5.41) is 7.82. The van der Waals surface area contributed by atoms with E-state index in [0.29, 0.717) is 0 Å². The van der Waals surface area contributed by atoms with E-state index in [0.717, 1.165) is 52.4 Å². The van der Waals surface area contributed by atoms with E-state index in [4.69, 9.17) is 4.74 Å². The molecule has 0 aliphatic carbocycles. The van der Waals surface area contributed by atoms with Crippen molar-refractivity contribution in [2.45, 2.75) is 25.3 Å². The molecule has 158 valence electrons. The third kappa shape index (κ3) is 4.88. The summed E-state index contributed by atoms with van der Waals surface area (Å²) in [5.74, 6) is 9.03. The molecule has 2 heterocycles. The van der Waals surface area contributed by atoms with Crippen LogP contribution in [0.25, 0.3) is 10.9 Å². The summed E-state index contributed by atoms with van der Waals surface area (Å²) >= 11 is 0. The standard InChI is InChI=1S/C27H24N4O/c1-2-7-23(8-3-1)32-24-14-12-22(13-15-24)31-27-25-18-20(10-16-26(25)29-19-30-27)9-11-21-6-4-5-17-28-21/h1-3,7-8,10,12-16,18-19,21,28H,4-6,17H2,(H,29,30,31).